The maximum Gasteiger partial charge on any atom is 0.0378 e. The first-order valence-electron chi connectivity index (χ1n) is 11.0. The summed E-state index contributed by atoms with van der Waals surface area (Å²) in [5.41, 5.74) is 4.79. The summed E-state index contributed by atoms with van der Waals surface area (Å²) >= 11 is 0. The Morgan fingerprint density at radius 2 is 1.64 bits per heavy atom. The van der Waals surface area contributed by atoms with Gasteiger partial charge in [-0.3, -0.25) is 0 Å². The van der Waals surface area contributed by atoms with E-state index in [-0.39, 0.29) is 0 Å². The highest BCUT2D eigenvalue weighted by atomic mass is 14.9. The summed E-state index contributed by atoms with van der Waals surface area (Å²) < 4.78 is 0. The Labute approximate surface area is 156 Å². The van der Waals surface area contributed by atoms with E-state index in [1.807, 2.05) is 0 Å². The van der Waals surface area contributed by atoms with Crippen LogP contribution in [0.1, 0.15) is 108 Å². The minimum absolute atomic E-state index is 0.848. The third-order valence-electron chi connectivity index (χ3n) is 6.96. The molecule has 1 heteroatoms. The molecule has 0 radical (unpaired) electrons. The monoisotopic (exact) mass is 341 g/mol. The molecule has 1 fully saturated rings. The molecule has 25 heavy (non-hydrogen) atoms. The van der Waals surface area contributed by atoms with Crippen LogP contribution >= 0.6 is 0 Å². The second-order valence-corrected chi connectivity index (χ2v) is 9.07. The molecular formula is C24H39N. The lowest BCUT2D eigenvalue weighted by atomic mass is 9.90. The zero-order valence-electron chi connectivity index (χ0n) is 16.8. The summed E-state index contributed by atoms with van der Waals surface area (Å²) in [4.78, 5) is 0. The lowest BCUT2D eigenvalue weighted by Crippen LogP contribution is -2.07. The van der Waals surface area contributed by atoms with Gasteiger partial charge in [-0.1, -0.05) is 71.4 Å². The second kappa shape index (κ2) is 9.10. The van der Waals surface area contributed by atoms with E-state index in [4.69, 9.17) is 0 Å². The van der Waals surface area contributed by atoms with Gasteiger partial charge in [0, 0.05) is 12.2 Å². The summed E-state index contributed by atoms with van der Waals surface area (Å²) in [6.07, 6.45) is 14.1. The van der Waals surface area contributed by atoms with Crippen molar-refractivity contribution in [2.75, 3.05) is 11.9 Å². The van der Waals surface area contributed by atoms with E-state index < -0.39 is 0 Å². The van der Waals surface area contributed by atoms with E-state index in [1.54, 1.807) is 11.1 Å². The molecule has 3 atom stereocenters. The van der Waals surface area contributed by atoms with Crippen LogP contribution in [0.15, 0.2) is 18.2 Å². The standard InChI is InChI=1S/C24H39N/c1-18(2)19(3)11-8-6-4-5-7-9-16-25-23-13-10-12-22-20-14-15-21(17-20)24(22)23/h10,12-13,18-21,25H,4-9,11,14-17H2,1-3H3. The quantitative estimate of drug-likeness (QED) is 0.411. The highest BCUT2D eigenvalue weighted by Gasteiger charge is 2.38. The number of nitrogens with one attached hydrogen (secondary N) is 1. The minimum Gasteiger partial charge on any atom is -0.385 e. The van der Waals surface area contributed by atoms with Crippen molar-refractivity contribution >= 4 is 5.69 Å². The molecule has 2 aliphatic carbocycles. The van der Waals surface area contributed by atoms with Gasteiger partial charge in [-0.2, -0.15) is 0 Å². The maximum atomic E-state index is 3.76. The van der Waals surface area contributed by atoms with Crippen molar-refractivity contribution in [1.29, 1.82) is 0 Å². The van der Waals surface area contributed by atoms with Crippen LogP contribution in [-0.4, -0.2) is 6.54 Å². The van der Waals surface area contributed by atoms with Crippen LogP contribution in [0.2, 0.25) is 0 Å². The van der Waals surface area contributed by atoms with Crippen molar-refractivity contribution in [2.45, 2.75) is 96.8 Å². The van der Waals surface area contributed by atoms with E-state index in [9.17, 15) is 0 Å². The van der Waals surface area contributed by atoms with Crippen LogP contribution < -0.4 is 5.32 Å². The van der Waals surface area contributed by atoms with Gasteiger partial charge in [0.05, 0.1) is 0 Å². The third kappa shape index (κ3) is 4.80. The van der Waals surface area contributed by atoms with Gasteiger partial charge in [-0.05, 0) is 66.5 Å². The normalized spacial score (nSPS) is 22.4. The third-order valence-corrected chi connectivity index (χ3v) is 6.96. The fourth-order valence-electron chi connectivity index (χ4n) is 4.93. The summed E-state index contributed by atoms with van der Waals surface area (Å²) in [6.45, 7) is 8.26. The Hall–Kier alpha value is -0.980. The lowest BCUT2D eigenvalue weighted by Gasteiger charge is -2.19. The van der Waals surface area contributed by atoms with Gasteiger partial charge in [0.25, 0.3) is 0 Å². The van der Waals surface area contributed by atoms with E-state index in [2.05, 4.69) is 44.3 Å². The molecule has 3 unspecified atom stereocenters. The van der Waals surface area contributed by atoms with Gasteiger partial charge in [0.1, 0.15) is 0 Å². The number of hydrogen-bond acceptors (Lipinski definition) is 1. The Kier molecular flexibility index (Phi) is 6.84. The van der Waals surface area contributed by atoms with Gasteiger partial charge in [-0.15, -0.1) is 0 Å². The van der Waals surface area contributed by atoms with Gasteiger partial charge >= 0.3 is 0 Å². The van der Waals surface area contributed by atoms with Crippen molar-refractivity contribution in [3.63, 3.8) is 0 Å². The van der Waals surface area contributed by atoms with Crippen LogP contribution in [0.3, 0.4) is 0 Å². The van der Waals surface area contributed by atoms with Crippen LogP contribution in [0.5, 0.6) is 0 Å². The highest BCUT2D eigenvalue weighted by molar-refractivity contribution is 5.60. The fourth-order valence-corrected chi connectivity index (χ4v) is 4.93. The Morgan fingerprint density at radius 1 is 0.920 bits per heavy atom. The summed E-state index contributed by atoms with van der Waals surface area (Å²) in [7, 11) is 0. The van der Waals surface area contributed by atoms with Crippen molar-refractivity contribution in [3.05, 3.63) is 29.3 Å². The molecule has 2 bridgehead atoms. The van der Waals surface area contributed by atoms with E-state index in [1.165, 1.54) is 69.9 Å². The molecule has 140 valence electrons. The van der Waals surface area contributed by atoms with Gasteiger partial charge in [0.15, 0.2) is 0 Å². The molecule has 0 amide bonds. The fraction of sp³-hybridized carbons (Fsp3) is 0.750. The van der Waals surface area contributed by atoms with Crippen LogP contribution in [-0.2, 0) is 0 Å². The highest BCUT2D eigenvalue weighted by Crippen LogP contribution is 2.55. The summed E-state index contributed by atoms with van der Waals surface area (Å²) in [5.74, 6) is 3.48. The second-order valence-electron chi connectivity index (χ2n) is 9.07. The molecule has 1 aromatic rings. The number of rotatable bonds is 11. The van der Waals surface area contributed by atoms with Gasteiger partial charge in [-0.25, -0.2) is 0 Å². The van der Waals surface area contributed by atoms with Crippen molar-refractivity contribution < 1.29 is 0 Å². The minimum atomic E-state index is 0.848. The molecule has 3 rings (SSSR count). The van der Waals surface area contributed by atoms with Crippen molar-refractivity contribution in [3.8, 4) is 0 Å². The lowest BCUT2D eigenvalue weighted by molar-refractivity contribution is 0.374. The Balaban J connectivity index is 1.27. The van der Waals surface area contributed by atoms with E-state index in [0.717, 1.165) is 30.2 Å². The molecule has 2 aliphatic rings. The molecule has 1 saturated carbocycles. The average molecular weight is 342 g/mol. The smallest absolute Gasteiger partial charge is 0.0378 e. The number of anilines is 1. The summed E-state index contributed by atoms with van der Waals surface area (Å²) in [5, 5.41) is 3.76. The molecule has 0 aromatic heterocycles. The predicted molar refractivity (Wildman–Crippen MR) is 111 cm³/mol. The van der Waals surface area contributed by atoms with E-state index >= 15 is 0 Å². The maximum absolute atomic E-state index is 3.76. The Morgan fingerprint density at radius 3 is 2.44 bits per heavy atom. The molecule has 1 nitrogen and oxygen atoms in total. The Bertz CT molecular complexity index is 533. The van der Waals surface area contributed by atoms with Crippen LogP contribution in [0, 0.1) is 11.8 Å². The molecule has 0 aliphatic heterocycles. The average Bonchev–Trinajstić information content (AvgIpc) is 3.22. The zero-order chi connectivity index (χ0) is 17.6. The van der Waals surface area contributed by atoms with Crippen LogP contribution in [0.25, 0.3) is 0 Å². The zero-order valence-corrected chi connectivity index (χ0v) is 16.8. The number of unbranched alkanes of at least 4 members (excludes halogenated alkanes) is 5. The van der Waals surface area contributed by atoms with Crippen molar-refractivity contribution in [1.82, 2.24) is 0 Å². The van der Waals surface area contributed by atoms with E-state index in [0.29, 0.717) is 0 Å². The number of benzene rings is 1. The molecule has 0 spiro atoms. The SMILES string of the molecule is CC(C)C(C)CCCCCCCCNc1cccc2c1C1CCC2C1. The largest absolute Gasteiger partial charge is 0.385 e. The number of hydrogen-bond donors (Lipinski definition) is 1. The predicted octanol–water partition coefficient (Wildman–Crippen LogP) is 7.49. The first-order valence-corrected chi connectivity index (χ1v) is 11.0. The van der Waals surface area contributed by atoms with Crippen molar-refractivity contribution in [2.24, 2.45) is 11.8 Å². The molecule has 0 saturated heterocycles. The first-order chi connectivity index (χ1) is 12.2. The summed E-state index contributed by atoms with van der Waals surface area (Å²) in [6, 6.07) is 6.96. The first kappa shape index (κ1) is 18.8. The molecular weight excluding hydrogens is 302 g/mol. The van der Waals surface area contributed by atoms with Crippen LogP contribution in [0.4, 0.5) is 5.69 Å². The topological polar surface area (TPSA) is 12.0 Å². The molecule has 0 heterocycles. The van der Waals surface area contributed by atoms with Gasteiger partial charge < -0.3 is 5.32 Å². The number of fused-ring (bicyclic) bond motifs is 5. The molecule has 1 N–H and O–H groups in total. The van der Waals surface area contributed by atoms with Gasteiger partial charge in [0.2, 0.25) is 0 Å². The molecule has 1 aromatic carbocycles.